The highest BCUT2D eigenvalue weighted by molar-refractivity contribution is 7.15. The fourth-order valence-corrected chi connectivity index (χ4v) is 3.77. The largest absolute Gasteiger partial charge is 0.420 e. The zero-order valence-corrected chi connectivity index (χ0v) is 13.9. The van der Waals surface area contributed by atoms with Gasteiger partial charge in [0.05, 0.1) is 27.8 Å². The summed E-state index contributed by atoms with van der Waals surface area (Å²) < 4.78 is 5.48. The summed E-state index contributed by atoms with van der Waals surface area (Å²) in [5.74, 6) is -0.471. The first-order valence-corrected chi connectivity index (χ1v) is 8.23. The Morgan fingerprint density at radius 3 is 2.88 bits per heavy atom. The lowest BCUT2D eigenvalue weighted by molar-refractivity contribution is -0.380. The van der Waals surface area contributed by atoms with Gasteiger partial charge in [-0.25, -0.2) is 0 Å². The van der Waals surface area contributed by atoms with E-state index in [9.17, 15) is 15.4 Å². The van der Waals surface area contributed by atoms with E-state index in [1.165, 1.54) is 6.07 Å². The van der Waals surface area contributed by atoms with Gasteiger partial charge in [-0.1, -0.05) is 17.4 Å². The highest BCUT2D eigenvalue weighted by Gasteiger charge is 2.37. The minimum absolute atomic E-state index is 0.0215. The average molecular weight is 366 g/mol. The van der Waals surface area contributed by atoms with E-state index in [1.807, 2.05) is 6.07 Å². The van der Waals surface area contributed by atoms with Gasteiger partial charge in [-0.15, -0.1) is 5.10 Å². The second-order valence-electron chi connectivity index (χ2n) is 5.39. The number of nitriles is 1. The molecule has 0 aliphatic carbocycles. The van der Waals surface area contributed by atoms with E-state index in [1.54, 1.807) is 24.4 Å². The van der Waals surface area contributed by atoms with Crippen LogP contribution in [0.5, 0.6) is 5.88 Å². The van der Waals surface area contributed by atoms with Gasteiger partial charge in [0, 0.05) is 17.1 Å². The van der Waals surface area contributed by atoms with Gasteiger partial charge < -0.3 is 10.5 Å². The molecule has 128 valence electrons. The Hall–Kier alpha value is -3.71. The summed E-state index contributed by atoms with van der Waals surface area (Å²) in [7, 11) is 0. The molecule has 0 fully saturated rings. The Labute approximate surface area is 150 Å². The average Bonchev–Trinajstić information content (AvgIpc) is 3.28. The molecule has 4 rings (SSSR count). The number of H-pyrrole nitrogens is 1. The van der Waals surface area contributed by atoms with Crippen LogP contribution in [0.25, 0.3) is 11.4 Å². The van der Waals surface area contributed by atoms with E-state index in [2.05, 4.69) is 21.3 Å². The van der Waals surface area contributed by atoms with Gasteiger partial charge >= 0.3 is 5.00 Å². The number of pyridine rings is 1. The molecule has 4 heterocycles. The number of nitrogens with two attached hydrogens (primary N) is 1. The number of nitrogens with one attached hydrogen (secondary N) is 1. The molecule has 0 saturated carbocycles. The third kappa shape index (κ3) is 2.38. The third-order valence-electron chi connectivity index (χ3n) is 3.94. The van der Waals surface area contributed by atoms with Crippen LogP contribution in [0.1, 0.15) is 16.4 Å². The Morgan fingerprint density at radius 1 is 1.38 bits per heavy atom. The topological polar surface area (TPSA) is 144 Å². The van der Waals surface area contributed by atoms with Crippen molar-refractivity contribution in [2.75, 3.05) is 0 Å². The zero-order chi connectivity index (χ0) is 18.3. The summed E-state index contributed by atoms with van der Waals surface area (Å²) in [6, 6.07) is 10.5. The number of aromatic nitrogens is 3. The van der Waals surface area contributed by atoms with E-state index in [0.717, 1.165) is 11.3 Å². The Balaban J connectivity index is 1.93. The van der Waals surface area contributed by atoms with E-state index in [-0.39, 0.29) is 22.3 Å². The van der Waals surface area contributed by atoms with Crippen molar-refractivity contribution in [3.8, 4) is 23.3 Å². The third-order valence-corrected chi connectivity index (χ3v) is 5.04. The van der Waals surface area contributed by atoms with Gasteiger partial charge in [0.15, 0.2) is 0 Å². The van der Waals surface area contributed by atoms with Gasteiger partial charge in [0.1, 0.15) is 11.6 Å². The number of hydrogen-bond donors (Lipinski definition) is 2. The van der Waals surface area contributed by atoms with E-state index >= 15 is 0 Å². The summed E-state index contributed by atoms with van der Waals surface area (Å²) in [5.41, 5.74) is 7.81. The van der Waals surface area contributed by atoms with Crippen LogP contribution in [0, 0.1) is 21.4 Å². The summed E-state index contributed by atoms with van der Waals surface area (Å²) in [5, 5.41) is 27.6. The van der Waals surface area contributed by atoms with Gasteiger partial charge in [-0.2, -0.15) is 5.26 Å². The van der Waals surface area contributed by atoms with Gasteiger partial charge in [0.25, 0.3) is 0 Å². The Morgan fingerprint density at radius 2 is 2.23 bits per heavy atom. The van der Waals surface area contributed by atoms with E-state index in [4.69, 9.17) is 10.5 Å². The van der Waals surface area contributed by atoms with Crippen LogP contribution in [-0.4, -0.2) is 20.1 Å². The first-order valence-electron chi connectivity index (χ1n) is 7.41. The maximum absolute atomic E-state index is 11.1. The van der Waals surface area contributed by atoms with Crippen LogP contribution < -0.4 is 10.5 Å². The van der Waals surface area contributed by atoms with Crippen molar-refractivity contribution in [2.45, 2.75) is 5.92 Å². The Kier molecular flexibility index (Phi) is 3.63. The fraction of sp³-hybridized carbons (Fsp3) is 0.0625. The molecule has 0 saturated heterocycles. The highest BCUT2D eigenvalue weighted by Crippen LogP contribution is 2.47. The fourth-order valence-electron chi connectivity index (χ4n) is 2.83. The molecule has 1 atom stereocenters. The van der Waals surface area contributed by atoms with Gasteiger partial charge in [-0.3, -0.25) is 20.2 Å². The summed E-state index contributed by atoms with van der Waals surface area (Å²) in [6.07, 6.45) is 1.63. The predicted octanol–water partition coefficient (Wildman–Crippen LogP) is 2.66. The van der Waals surface area contributed by atoms with E-state index < -0.39 is 10.8 Å². The van der Waals surface area contributed by atoms with E-state index in [0.29, 0.717) is 21.8 Å². The molecule has 1 aliphatic heterocycles. The molecule has 0 radical (unpaired) electrons. The van der Waals surface area contributed by atoms with Crippen LogP contribution in [0.2, 0.25) is 0 Å². The molecule has 3 aromatic heterocycles. The van der Waals surface area contributed by atoms with Crippen molar-refractivity contribution in [1.82, 2.24) is 15.2 Å². The van der Waals surface area contributed by atoms with Crippen LogP contribution in [0.15, 0.2) is 48.0 Å². The number of hydrogen-bond acceptors (Lipinski definition) is 8. The molecule has 0 aromatic carbocycles. The first-order chi connectivity index (χ1) is 12.6. The maximum Gasteiger partial charge on any atom is 0.324 e. The van der Waals surface area contributed by atoms with Crippen molar-refractivity contribution in [1.29, 1.82) is 5.26 Å². The number of aromatic amines is 1. The number of fused-ring (bicyclic) bond motifs is 1. The van der Waals surface area contributed by atoms with Crippen molar-refractivity contribution < 1.29 is 9.66 Å². The number of nitrogens with zero attached hydrogens (tertiary/aromatic N) is 4. The number of rotatable bonds is 3. The summed E-state index contributed by atoms with van der Waals surface area (Å²) >= 11 is 0.982. The monoisotopic (exact) mass is 366 g/mol. The molecule has 3 N–H and O–H groups in total. The van der Waals surface area contributed by atoms with Crippen LogP contribution in [0.4, 0.5) is 5.00 Å². The van der Waals surface area contributed by atoms with Crippen molar-refractivity contribution in [3.63, 3.8) is 0 Å². The predicted molar refractivity (Wildman–Crippen MR) is 92.1 cm³/mol. The van der Waals surface area contributed by atoms with Crippen LogP contribution in [0.3, 0.4) is 0 Å². The lowest BCUT2D eigenvalue weighted by atomic mass is 9.88. The van der Waals surface area contributed by atoms with Gasteiger partial charge in [-0.05, 0) is 18.2 Å². The van der Waals surface area contributed by atoms with Crippen molar-refractivity contribution in [2.24, 2.45) is 5.73 Å². The van der Waals surface area contributed by atoms with Crippen LogP contribution >= 0.6 is 11.3 Å². The minimum atomic E-state index is -0.627. The SMILES string of the molecule is N#CC1=C(N)Oc2n[nH]c(-c3ccccn3)c2[C@@H]1c1ccc([N+](=O)[O-])s1. The van der Waals surface area contributed by atoms with Gasteiger partial charge in [0.2, 0.25) is 11.8 Å². The molecular formula is C16H10N6O3S. The number of thiophene rings is 1. The normalized spacial score (nSPS) is 15.9. The lowest BCUT2D eigenvalue weighted by Crippen LogP contribution is -2.20. The smallest absolute Gasteiger partial charge is 0.324 e. The molecule has 10 heteroatoms. The van der Waals surface area contributed by atoms with Crippen molar-refractivity contribution in [3.05, 3.63) is 68.5 Å². The second-order valence-corrected chi connectivity index (χ2v) is 6.48. The first kappa shape index (κ1) is 15.8. The molecule has 0 spiro atoms. The zero-order valence-electron chi connectivity index (χ0n) is 13.0. The molecule has 0 unspecified atom stereocenters. The number of ether oxygens (including phenoxy) is 1. The molecule has 9 nitrogen and oxygen atoms in total. The molecule has 1 aliphatic rings. The second kappa shape index (κ2) is 5.98. The molecular weight excluding hydrogens is 356 g/mol. The summed E-state index contributed by atoms with van der Waals surface area (Å²) in [6.45, 7) is 0. The molecule has 3 aromatic rings. The number of nitro groups is 1. The maximum atomic E-state index is 11.1. The minimum Gasteiger partial charge on any atom is -0.420 e. The highest BCUT2D eigenvalue weighted by atomic mass is 32.1. The van der Waals surface area contributed by atoms with Crippen LogP contribution in [-0.2, 0) is 0 Å². The van der Waals surface area contributed by atoms with Crippen molar-refractivity contribution >= 4 is 16.3 Å². The molecule has 0 bridgehead atoms. The summed E-state index contributed by atoms with van der Waals surface area (Å²) in [4.78, 5) is 15.5. The molecule has 0 amide bonds. The quantitative estimate of drug-likeness (QED) is 0.535. The molecule has 26 heavy (non-hydrogen) atoms. The number of allylic oxidation sites excluding steroid dienone is 1. The standard InChI is InChI=1S/C16H10N6O3S/c17-7-8-12(10-4-5-11(26-10)22(23)24)13-14(9-3-1-2-6-19-9)20-21-16(13)25-15(8)18/h1-6,12H,18H2,(H,20,21)/t12-/m0/s1. The Bertz CT molecular complexity index is 1080. The lowest BCUT2D eigenvalue weighted by Gasteiger charge is -2.22.